The number of hydrogen-bond donors (Lipinski definition) is 0. The first kappa shape index (κ1) is 26.4. The van der Waals surface area contributed by atoms with Gasteiger partial charge < -0.3 is 19.0 Å². The van der Waals surface area contributed by atoms with Crippen LogP contribution in [-0.2, 0) is 11.3 Å². The van der Waals surface area contributed by atoms with Gasteiger partial charge in [0.15, 0.2) is 0 Å². The third kappa shape index (κ3) is 6.36. The molecule has 0 radical (unpaired) electrons. The van der Waals surface area contributed by atoms with Crippen molar-refractivity contribution in [3.63, 3.8) is 0 Å². The maximum Gasteiger partial charge on any atom is 0.117 e. The number of anilines is 2. The van der Waals surface area contributed by atoms with Crippen LogP contribution in [-0.4, -0.2) is 57.4 Å². The van der Waals surface area contributed by atoms with Crippen LogP contribution >= 0.6 is 12.4 Å². The lowest BCUT2D eigenvalue weighted by molar-refractivity contribution is 0.0819. The summed E-state index contributed by atoms with van der Waals surface area (Å²) < 4.78 is 11.2. The maximum atomic E-state index is 5.61. The van der Waals surface area contributed by atoms with E-state index in [1.165, 1.54) is 37.1 Å². The molecule has 1 aromatic carbocycles. The number of benzene rings is 1. The number of nitrogens with zero attached hydrogens (tertiary/aromatic N) is 3. The lowest BCUT2D eigenvalue weighted by Crippen LogP contribution is -2.46. The molecule has 5 rings (SSSR count). The molecule has 35 heavy (non-hydrogen) atoms. The number of halogens is 1. The topological polar surface area (TPSA) is 32.1 Å². The standard InChI is InChI=1S/C29H43N3O2.ClH/c1-29(2)12-8-23(9-13-29)27-21-24(31-14-10-25(33-3)11-15-31)6-7-28(27)32-18-16-30(17-19-32)22-26-5-4-20-34-26;/h4-7,20-21,23,25H,8-19,22H2,1-3H3;1H. The van der Waals surface area contributed by atoms with Gasteiger partial charge in [-0.25, -0.2) is 0 Å². The van der Waals surface area contributed by atoms with Gasteiger partial charge in [0.05, 0.1) is 18.9 Å². The summed E-state index contributed by atoms with van der Waals surface area (Å²) in [6, 6.07) is 11.5. The predicted molar refractivity (Wildman–Crippen MR) is 147 cm³/mol. The summed E-state index contributed by atoms with van der Waals surface area (Å²) in [5.74, 6) is 1.75. The second kappa shape index (κ2) is 11.6. The molecule has 0 N–H and O–H groups in total. The normalized spacial score (nSPS) is 22.3. The molecule has 1 aromatic heterocycles. The molecule has 6 heteroatoms. The highest BCUT2D eigenvalue weighted by Crippen LogP contribution is 2.46. The van der Waals surface area contributed by atoms with Gasteiger partial charge in [-0.1, -0.05) is 13.8 Å². The van der Waals surface area contributed by atoms with Gasteiger partial charge in [-0.05, 0) is 85.8 Å². The Balaban J connectivity index is 0.00000289. The van der Waals surface area contributed by atoms with E-state index < -0.39 is 0 Å². The van der Waals surface area contributed by atoms with E-state index in [1.54, 1.807) is 11.8 Å². The molecule has 2 saturated heterocycles. The number of furan rings is 1. The van der Waals surface area contributed by atoms with E-state index in [4.69, 9.17) is 9.15 Å². The van der Waals surface area contributed by atoms with Crippen LogP contribution in [0, 0.1) is 5.41 Å². The lowest BCUT2D eigenvalue weighted by atomic mass is 9.71. The summed E-state index contributed by atoms with van der Waals surface area (Å²) in [5, 5.41) is 0. The molecule has 3 fully saturated rings. The van der Waals surface area contributed by atoms with Gasteiger partial charge in [-0.3, -0.25) is 4.90 Å². The van der Waals surface area contributed by atoms with Gasteiger partial charge in [0.1, 0.15) is 5.76 Å². The minimum Gasteiger partial charge on any atom is -0.468 e. The zero-order chi connectivity index (χ0) is 23.5. The summed E-state index contributed by atoms with van der Waals surface area (Å²) in [7, 11) is 1.85. The Morgan fingerprint density at radius 1 is 0.914 bits per heavy atom. The van der Waals surface area contributed by atoms with Crippen LogP contribution in [0.5, 0.6) is 0 Å². The molecule has 0 amide bonds. The first-order chi connectivity index (χ1) is 16.5. The van der Waals surface area contributed by atoms with Gasteiger partial charge in [0.2, 0.25) is 0 Å². The molecule has 0 atom stereocenters. The fourth-order valence-electron chi connectivity index (χ4n) is 6.18. The number of methoxy groups -OCH3 is 1. The molecule has 194 valence electrons. The van der Waals surface area contributed by atoms with Gasteiger partial charge in [-0.2, -0.15) is 0 Å². The molecule has 0 unspecified atom stereocenters. The maximum absolute atomic E-state index is 5.61. The highest BCUT2D eigenvalue weighted by molar-refractivity contribution is 5.85. The van der Waals surface area contributed by atoms with E-state index in [0.717, 1.165) is 64.4 Å². The average molecular weight is 502 g/mol. The quantitative estimate of drug-likeness (QED) is 0.462. The Morgan fingerprint density at radius 2 is 1.63 bits per heavy atom. The summed E-state index contributed by atoms with van der Waals surface area (Å²) in [6.07, 6.45) is 9.75. The molecule has 3 heterocycles. The number of hydrogen-bond acceptors (Lipinski definition) is 5. The molecule has 2 aromatic rings. The van der Waals surface area contributed by atoms with Gasteiger partial charge in [0, 0.05) is 57.8 Å². The molecular formula is C29H44ClN3O2. The van der Waals surface area contributed by atoms with Gasteiger partial charge in [0.25, 0.3) is 0 Å². The van der Waals surface area contributed by atoms with E-state index in [9.17, 15) is 0 Å². The highest BCUT2D eigenvalue weighted by Gasteiger charge is 2.31. The van der Waals surface area contributed by atoms with E-state index in [-0.39, 0.29) is 12.4 Å². The number of piperazine rings is 1. The largest absolute Gasteiger partial charge is 0.468 e. The summed E-state index contributed by atoms with van der Waals surface area (Å²) in [4.78, 5) is 7.75. The molecule has 0 bridgehead atoms. The fraction of sp³-hybridized carbons (Fsp3) is 0.655. The average Bonchev–Trinajstić information content (AvgIpc) is 3.37. The number of piperidine rings is 1. The Kier molecular flexibility index (Phi) is 8.72. The van der Waals surface area contributed by atoms with Crippen molar-refractivity contribution in [2.75, 3.05) is 56.2 Å². The minimum absolute atomic E-state index is 0. The summed E-state index contributed by atoms with van der Waals surface area (Å²) in [5.41, 5.74) is 4.99. The van der Waals surface area contributed by atoms with E-state index in [1.807, 2.05) is 13.2 Å². The van der Waals surface area contributed by atoms with E-state index >= 15 is 0 Å². The molecule has 2 aliphatic heterocycles. The van der Waals surface area contributed by atoms with Crippen LogP contribution in [0.25, 0.3) is 0 Å². The lowest BCUT2D eigenvalue weighted by Gasteiger charge is -2.40. The van der Waals surface area contributed by atoms with Crippen LogP contribution < -0.4 is 9.80 Å². The highest BCUT2D eigenvalue weighted by atomic mass is 35.5. The van der Waals surface area contributed by atoms with Crippen molar-refractivity contribution < 1.29 is 9.15 Å². The second-order valence-corrected chi connectivity index (χ2v) is 11.4. The number of ether oxygens (including phenoxy) is 1. The third-order valence-electron chi connectivity index (χ3n) is 8.60. The van der Waals surface area contributed by atoms with Crippen molar-refractivity contribution in [1.29, 1.82) is 0 Å². The van der Waals surface area contributed by atoms with E-state index in [0.29, 0.717) is 17.4 Å². The van der Waals surface area contributed by atoms with Gasteiger partial charge >= 0.3 is 0 Å². The van der Waals surface area contributed by atoms with Crippen LogP contribution in [0.1, 0.15) is 69.6 Å². The second-order valence-electron chi connectivity index (χ2n) is 11.4. The SMILES string of the molecule is COC1CCN(c2ccc(N3CCN(Cc4ccco4)CC3)c(C3CCC(C)(C)CC3)c2)CC1.Cl. The number of rotatable bonds is 6. The predicted octanol–water partition coefficient (Wildman–Crippen LogP) is 6.32. The molecule has 1 aliphatic carbocycles. The fourth-order valence-corrected chi connectivity index (χ4v) is 6.18. The van der Waals surface area contributed by atoms with Gasteiger partial charge in [-0.15, -0.1) is 12.4 Å². The van der Waals surface area contributed by atoms with Crippen molar-refractivity contribution in [2.45, 2.75) is 70.9 Å². The van der Waals surface area contributed by atoms with Crippen molar-refractivity contribution in [1.82, 2.24) is 4.90 Å². The van der Waals surface area contributed by atoms with Crippen LogP contribution in [0.3, 0.4) is 0 Å². The Morgan fingerprint density at radius 3 is 2.26 bits per heavy atom. The first-order valence-electron chi connectivity index (χ1n) is 13.4. The molecule has 0 spiro atoms. The Bertz CT molecular complexity index is 906. The van der Waals surface area contributed by atoms with Crippen molar-refractivity contribution >= 4 is 23.8 Å². The van der Waals surface area contributed by atoms with E-state index in [2.05, 4.69) is 52.8 Å². The zero-order valence-corrected chi connectivity index (χ0v) is 22.7. The van der Waals surface area contributed by atoms with Crippen molar-refractivity contribution in [3.05, 3.63) is 47.9 Å². The smallest absolute Gasteiger partial charge is 0.117 e. The summed E-state index contributed by atoms with van der Waals surface area (Å²) >= 11 is 0. The van der Waals surface area contributed by atoms with Crippen molar-refractivity contribution in [2.24, 2.45) is 5.41 Å². The molecular weight excluding hydrogens is 458 g/mol. The molecule has 5 nitrogen and oxygen atoms in total. The molecule has 1 saturated carbocycles. The van der Waals surface area contributed by atoms with Crippen LogP contribution in [0.4, 0.5) is 11.4 Å². The molecule has 3 aliphatic rings. The Labute approximate surface area is 218 Å². The monoisotopic (exact) mass is 501 g/mol. The summed E-state index contributed by atoms with van der Waals surface area (Å²) in [6.45, 7) is 12.4. The van der Waals surface area contributed by atoms with Crippen LogP contribution in [0.2, 0.25) is 0 Å². The van der Waals surface area contributed by atoms with Crippen molar-refractivity contribution in [3.8, 4) is 0 Å². The third-order valence-corrected chi connectivity index (χ3v) is 8.60. The minimum atomic E-state index is 0. The van der Waals surface area contributed by atoms with Crippen LogP contribution in [0.15, 0.2) is 41.0 Å². The first-order valence-corrected chi connectivity index (χ1v) is 13.4. The Hall–Kier alpha value is -1.69. The zero-order valence-electron chi connectivity index (χ0n) is 21.9.